The molecule has 0 spiro atoms. The van der Waals surface area contributed by atoms with Crippen molar-refractivity contribution in [3.63, 3.8) is 0 Å². The van der Waals surface area contributed by atoms with Gasteiger partial charge in [0.2, 0.25) is 5.91 Å². The van der Waals surface area contributed by atoms with Crippen LogP contribution in [-0.2, 0) is 14.3 Å². The number of amides is 1. The number of likely N-dealkylation sites (N-methyl/N-ethyl adjacent to an activating group) is 1. The first-order valence-electron chi connectivity index (χ1n) is 6.74. The number of rotatable bonds is 1. The smallest absolute Gasteiger partial charge is 0.231 e. The number of thioether (sulfide) groups is 1. The molecule has 0 aromatic heterocycles. The molecule has 0 bridgehead atoms. The molecule has 3 rings (SSSR count). The molecule has 7 heteroatoms. The lowest BCUT2D eigenvalue weighted by molar-refractivity contribution is -0.136. The van der Waals surface area contributed by atoms with E-state index in [1.807, 2.05) is 4.90 Å². The Labute approximate surface area is 130 Å². The number of carbonyl (C=O) groups excluding carboxylic acids is 2. The van der Waals surface area contributed by atoms with E-state index in [1.54, 1.807) is 0 Å². The van der Waals surface area contributed by atoms with Crippen LogP contribution >= 0.6 is 27.7 Å². The first kappa shape index (κ1) is 14.4. The van der Waals surface area contributed by atoms with E-state index in [2.05, 4.69) is 27.9 Å². The van der Waals surface area contributed by atoms with Gasteiger partial charge in [0.05, 0.1) is 17.9 Å². The molecule has 0 aromatic carbocycles. The van der Waals surface area contributed by atoms with E-state index in [-0.39, 0.29) is 22.6 Å². The zero-order chi connectivity index (χ0) is 14.3. The first-order valence-corrected chi connectivity index (χ1v) is 8.64. The molecule has 2 unspecified atom stereocenters. The fourth-order valence-corrected chi connectivity index (χ4v) is 4.55. The van der Waals surface area contributed by atoms with Crippen molar-refractivity contribution < 1.29 is 14.3 Å². The summed E-state index contributed by atoms with van der Waals surface area (Å²) < 4.78 is 5.62. The number of ether oxygens (including phenoxy) is 1. The molecule has 3 heterocycles. The van der Waals surface area contributed by atoms with E-state index < -0.39 is 0 Å². The Balaban J connectivity index is 1.75. The third kappa shape index (κ3) is 2.63. The van der Waals surface area contributed by atoms with Crippen molar-refractivity contribution in [2.45, 2.75) is 11.4 Å². The summed E-state index contributed by atoms with van der Waals surface area (Å²) in [6.45, 7) is 3.28. The number of nitrogens with zero attached hydrogens (tertiary/aromatic N) is 2. The van der Waals surface area contributed by atoms with Crippen LogP contribution in [-0.4, -0.2) is 65.5 Å². The van der Waals surface area contributed by atoms with Crippen LogP contribution in [0, 0.1) is 5.92 Å². The van der Waals surface area contributed by atoms with Crippen molar-refractivity contribution in [2.24, 2.45) is 5.92 Å². The van der Waals surface area contributed by atoms with Gasteiger partial charge in [-0.25, -0.2) is 0 Å². The van der Waals surface area contributed by atoms with Gasteiger partial charge in [-0.3, -0.25) is 9.59 Å². The molecule has 0 saturated carbocycles. The minimum atomic E-state index is -0.314. The number of alkyl halides is 1. The van der Waals surface area contributed by atoms with E-state index in [9.17, 15) is 9.59 Å². The van der Waals surface area contributed by atoms with Crippen LogP contribution in [0.3, 0.4) is 0 Å². The highest BCUT2D eigenvalue weighted by Crippen LogP contribution is 2.43. The summed E-state index contributed by atoms with van der Waals surface area (Å²) in [5, 5.41) is 0.398. The van der Waals surface area contributed by atoms with E-state index in [0.29, 0.717) is 22.8 Å². The van der Waals surface area contributed by atoms with Gasteiger partial charge in [0.25, 0.3) is 0 Å². The topological polar surface area (TPSA) is 49.9 Å². The molecule has 1 fully saturated rings. The van der Waals surface area contributed by atoms with Gasteiger partial charge in [0.1, 0.15) is 0 Å². The fourth-order valence-electron chi connectivity index (χ4n) is 2.72. The van der Waals surface area contributed by atoms with Crippen LogP contribution in [0.1, 0.15) is 6.42 Å². The average Bonchev–Trinajstić information content (AvgIpc) is 2.82. The lowest BCUT2D eigenvalue weighted by Gasteiger charge is -2.34. The third-order valence-electron chi connectivity index (χ3n) is 3.94. The van der Waals surface area contributed by atoms with Crippen LogP contribution in [0.4, 0.5) is 0 Å². The van der Waals surface area contributed by atoms with Crippen LogP contribution in [0.15, 0.2) is 10.7 Å². The van der Waals surface area contributed by atoms with Crippen molar-refractivity contribution in [1.82, 2.24) is 9.80 Å². The maximum absolute atomic E-state index is 12.6. The predicted molar refractivity (Wildman–Crippen MR) is 80.5 cm³/mol. The van der Waals surface area contributed by atoms with Gasteiger partial charge in [-0.2, -0.15) is 0 Å². The van der Waals surface area contributed by atoms with E-state index >= 15 is 0 Å². The van der Waals surface area contributed by atoms with Gasteiger partial charge in [0, 0.05) is 31.9 Å². The molecular weight excluding hydrogens is 344 g/mol. The maximum Gasteiger partial charge on any atom is 0.231 e. The SMILES string of the molecule is CN1CCN(C(=O)C2CSC3=C2C(=O)CC(Br)O3)CC1. The zero-order valence-corrected chi connectivity index (χ0v) is 13.7. The average molecular weight is 361 g/mol. The molecule has 1 amide bonds. The molecular formula is C13H17BrN2O3S. The molecule has 20 heavy (non-hydrogen) atoms. The number of piperazine rings is 1. The summed E-state index contributed by atoms with van der Waals surface area (Å²) in [6.07, 6.45) is 0.311. The van der Waals surface area contributed by atoms with Crippen molar-refractivity contribution in [3.8, 4) is 0 Å². The van der Waals surface area contributed by atoms with E-state index in [4.69, 9.17) is 4.74 Å². The predicted octanol–water partition coefficient (Wildman–Crippen LogP) is 1.05. The Morgan fingerprint density at radius 3 is 2.75 bits per heavy atom. The first-order chi connectivity index (χ1) is 9.56. The number of carbonyl (C=O) groups is 2. The number of halogens is 1. The van der Waals surface area contributed by atoms with Gasteiger partial charge >= 0.3 is 0 Å². The lowest BCUT2D eigenvalue weighted by atomic mass is 9.94. The Hall–Kier alpha value is -0.530. The van der Waals surface area contributed by atoms with Gasteiger partial charge < -0.3 is 14.5 Å². The second kappa shape index (κ2) is 5.69. The largest absolute Gasteiger partial charge is 0.472 e. The van der Waals surface area contributed by atoms with Crippen LogP contribution in [0.5, 0.6) is 0 Å². The molecule has 0 aromatic rings. The van der Waals surface area contributed by atoms with Crippen LogP contribution in [0.25, 0.3) is 0 Å². The van der Waals surface area contributed by atoms with Crippen molar-refractivity contribution in [3.05, 3.63) is 10.7 Å². The van der Waals surface area contributed by atoms with E-state index in [1.165, 1.54) is 11.8 Å². The molecule has 2 atom stereocenters. The summed E-state index contributed by atoms with van der Waals surface area (Å²) in [5.74, 6) is 0.443. The second-order valence-electron chi connectivity index (χ2n) is 5.35. The quantitative estimate of drug-likeness (QED) is 0.654. The fraction of sp³-hybridized carbons (Fsp3) is 0.692. The molecule has 3 aliphatic heterocycles. The summed E-state index contributed by atoms with van der Waals surface area (Å²) in [5.41, 5.74) is 0.606. The number of hydrogen-bond acceptors (Lipinski definition) is 5. The Morgan fingerprint density at radius 2 is 2.05 bits per heavy atom. The number of Topliss-reactive ketones (excluding diaryl/α,β-unsaturated/α-hetero) is 1. The highest BCUT2D eigenvalue weighted by atomic mass is 79.9. The highest BCUT2D eigenvalue weighted by Gasteiger charge is 2.42. The maximum atomic E-state index is 12.6. The second-order valence-corrected chi connectivity index (χ2v) is 7.36. The van der Waals surface area contributed by atoms with Gasteiger partial charge in [-0.05, 0) is 23.0 Å². The van der Waals surface area contributed by atoms with Crippen molar-refractivity contribution in [2.75, 3.05) is 39.0 Å². The molecule has 0 radical (unpaired) electrons. The Morgan fingerprint density at radius 1 is 1.35 bits per heavy atom. The summed E-state index contributed by atoms with van der Waals surface area (Å²) in [7, 11) is 2.06. The standard InChI is InChI=1S/C13H17BrN2O3S/c1-15-2-4-16(5-3-15)12(18)8-7-20-13-11(8)9(17)6-10(14)19-13/h8,10H,2-7H2,1H3. The van der Waals surface area contributed by atoms with E-state index in [0.717, 1.165) is 26.2 Å². The molecule has 0 N–H and O–H groups in total. The molecule has 1 saturated heterocycles. The minimum Gasteiger partial charge on any atom is -0.472 e. The number of ketones is 1. The highest BCUT2D eigenvalue weighted by molar-refractivity contribution is 9.09. The third-order valence-corrected chi connectivity index (χ3v) is 5.53. The molecule has 3 aliphatic rings. The molecule has 5 nitrogen and oxygen atoms in total. The Bertz CT molecular complexity index is 474. The van der Waals surface area contributed by atoms with Gasteiger partial charge in [0.15, 0.2) is 15.9 Å². The normalized spacial score (nSPS) is 31.3. The summed E-state index contributed by atoms with van der Waals surface area (Å²) in [4.78, 5) is 28.9. The molecule has 110 valence electrons. The van der Waals surface area contributed by atoms with Crippen LogP contribution < -0.4 is 0 Å². The van der Waals surface area contributed by atoms with Crippen molar-refractivity contribution >= 4 is 39.4 Å². The summed E-state index contributed by atoms with van der Waals surface area (Å²) >= 11 is 4.80. The lowest BCUT2D eigenvalue weighted by Crippen LogP contribution is -2.49. The van der Waals surface area contributed by atoms with Gasteiger partial charge in [-0.1, -0.05) is 11.8 Å². The number of hydrogen-bond donors (Lipinski definition) is 0. The monoisotopic (exact) mass is 360 g/mol. The van der Waals surface area contributed by atoms with Crippen molar-refractivity contribution in [1.29, 1.82) is 0 Å². The van der Waals surface area contributed by atoms with Gasteiger partial charge in [-0.15, -0.1) is 0 Å². The van der Waals surface area contributed by atoms with Crippen LogP contribution in [0.2, 0.25) is 0 Å². The summed E-state index contributed by atoms with van der Waals surface area (Å²) in [6, 6.07) is 0. The molecule has 0 aliphatic carbocycles. The zero-order valence-electron chi connectivity index (χ0n) is 11.3. The Kier molecular flexibility index (Phi) is 4.10. The minimum absolute atomic E-state index is 0.0469.